The van der Waals surface area contributed by atoms with E-state index in [4.69, 9.17) is 33.7 Å². The van der Waals surface area contributed by atoms with Gasteiger partial charge in [-0.25, -0.2) is 0 Å². The molecule has 0 aliphatic carbocycles. The van der Waals surface area contributed by atoms with Gasteiger partial charge in [-0.15, -0.1) is 12.9 Å². The summed E-state index contributed by atoms with van der Waals surface area (Å²) in [5.41, 5.74) is 0. The molecule has 80 valence electrons. The van der Waals surface area contributed by atoms with Crippen LogP contribution in [0.2, 0.25) is 0 Å². The zero-order valence-electron chi connectivity index (χ0n) is 5.29. The summed E-state index contributed by atoms with van der Waals surface area (Å²) in [4.78, 5) is 0. The summed E-state index contributed by atoms with van der Waals surface area (Å²) in [5.74, 6) is 0. The van der Waals surface area contributed by atoms with E-state index >= 15 is 0 Å². The summed E-state index contributed by atoms with van der Waals surface area (Å²) in [5, 5.41) is -3.74. The minimum Gasteiger partial charge on any atom is -0.162 e. The first-order valence-electron chi connectivity index (χ1n) is 2.17. The zero-order valence-corrected chi connectivity index (χ0v) is 11.1. The Morgan fingerprint density at radius 2 is 1.31 bits per heavy atom. The van der Waals surface area contributed by atoms with Crippen LogP contribution in [0.15, 0.2) is 9.03 Å². The van der Waals surface area contributed by atoms with Gasteiger partial charge in [0.2, 0.25) is 5.11 Å². The molecule has 0 amide bonds. The largest absolute Gasteiger partial charge is 0.422 e. The van der Waals surface area contributed by atoms with Crippen molar-refractivity contribution in [2.75, 3.05) is 0 Å². The molecule has 0 bridgehead atoms. The SMILES string of the molecule is FP(F)(=S)N=P(F)(F)N=P(Cl)(Cl)Cl. The van der Waals surface area contributed by atoms with Crippen molar-refractivity contribution in [1.82, 2.24) is 0 Å². The van der Waals surface area contributed by atoms with Gasteiger partial charge >= 0.3 is 14.6 Å². The second-order valence-corrected chi connectivity index (χ2v) is 12.8. The lowest BCUT2D eigenvalue weighted by molar-refractivity contribution is 0.711. The van der Waals surface area contributed by atoms with E-state index in [1.807, 2.05) is 0 Å². The van der Waals surface area contributed by atoms with Gasteiger partial charge < -0.3 is 0 Å². The molecule has 0 N–H and O–H groups in total. The molecule has 13 heteroatoms. The molecule has 13 heavy (non-hydrogen) atoms. The second-order valence-electron chi connectivity index (χ2n) is 1.49. The van der Waals surface area contributed by atoms with Gasteiger partial charge in [0.05, 0.1) is 0 Å². The molecule has 0 atom stereocenters. The van der Waals surface area contributed by atoms with Crippen LogP contribution >= 0.6 is 53.5 Å². The quantitative estimate of drug-likeness (QED) is 0.407. The van der Waals surface area contributed by atoms with Crippen LogP contribution < -0.4 is 0 Å². The molecular weight excluding hydrogens is 335 g/mol. The van der Waals surface area contributed by atoms with Gasteiger partial charge in [0, 0.05) is 0 Å². The lowest BCUT2D eigenvalue weighted by Crippen LogP contribution is -1.55. The van der Waals surface area contributed by atoms with Crippen LogP contribution in [0.25, 0.3) is 0 Å². The lowest BCUT2D eigenvalue weighted by atomic mass is 13.9. The topological polar surface area (TPSA) is 24.7 Å². The van der Waals surface area contributed by atoms with Gasteiger partial charge in [-0.1, -0.05) is 0 Å². The molecule has 0 rings (SSSR count). The monoisotopic (exact) mass is 334 g/mol. The third-order valence-corrected chi connectivity index (χ3v) is 6.27. The number of hydrogen-bond donors (Lipinski definition) is 0. The van der Waals surface area contributed by atoms with Crippen LogP contribution in [-0.4, -0.2) is 0 Å². The summed E-state index contributed by atoms with van der Waals surface area (Å²) in [6, 6.07) is 0. The predicted molar refractivity (Wildman–Crippen MR) is 55.0 cm³/mol. The van der Waals surface area contributed by atoms with Gasteiger partial charge in [0.25, 0.3) is 0 Å². The van der Waals surface area contributed by atoms with Crippen LogP contribution in [0, 0.1) is 0 Å². The van der Waals surface area contributed by atoms with E-state index in [9.17, 15) is 16.8 Å². The Kier molecular flexibility index (Phi) is 5.31. The van der Waals surface area contributed by atoms with Gasteiger partial charge in [-0.3, -0.25) is 0 Å². The zero-order chi connectivity index (χ0) is 10.9. The van der Waals surface area contributed by atoms with Crippen molar-refractivity contribution in [3.63, 3.8) is 0 Å². The number of hydrogen-bond acceptors (Lipinski definition) is 1. The fourth-order valence-electron chi connectivity index (χ4n) is 0.265. The molecule has 0 heterocycles. The highest BCUT2D eigenvalue weighted by Gasteiger charge is 2.27. The van der Waals surface area contributed by atoms with E-state index in [-0.39, 0.29) is 0 Å². The average molecular weight is 335 g/mol. The normalized spacial score (nSPS) is 14.1. The third kappa shape index (κ3) is 9.99. The Labute approximate surface area is 91.0 Å². The van der Waals surface area contributed by atoms with Crippen LogP contribution in [0.3, 0.4) is 0 Å². The van der Waals surface area contributed by atoms with Gasteiger partial charge in [-0.05, 0) is 45.5 Å². The maximum atomic E-state index is 12.4. The molecule has 0 saturated heterocycles. The third-order valence-electron chi connectivity index (χ3n) is 0.421. The Balaban J connectivity index is 5.25. The van der Waals surface area contributed by atoms with E-state index in [1.165, 1.54) is 0 Å². The fourth-order valence-corrected chi connectivity index (χ4v) is 5.70. The van der Waals surface area contributed by atoms with E-state index in [0.29, 0.717) is 0 Å². The molecule has 0 unspecified atom stereocenters. The number of nitrogens with zero attached hydrogens (tertiary/aromatic N) is 2. The summed E-state index contributed by atoms with van der Waals surface area (Å²) in [6.45, 7) is -5.37. The molecule has 0 aromatic heterocycles. The van der Waals surface area contributed by atoms with Crippen LogP contribution in [-0.2, 0) is 11.8 Å². The van der Waals surface area contributed by atoms with Gasteiger partial charge in [0.1, 0.15) is 0 Å². The molecule has 0 radical (unpaired) electrons. The minimum absolute atomic E-state index is 1.80. The summed E-state index contributed by atoms with van der Waals surface area (Å²) in [6.07, 6.45) is 0. The van der Waals surface area contributed by atoms with Crippen LogP contribution in [0.4, 0.5) is 16.8 Å². The molecule has 0 aliphatic heterocycles. The molecule has 0 aromatic carbocycles. The van der Waals surface area contributed by atoms with Crippen LogP contribution in [0.1, 0.15) is 0 Å². The van der Waals surface area contributed by atoms with Crippen molar-refractivity contribution < 1.29 is 16.8 Å². The van der Waals surface area contributed by atoms with E-state index < -0.39 is 19.7 Å². The van der Waals surface area contributed by atoms with Crippen molar-refractivity contribution in [3.8, 4) is 0 Å². The van der Waals surface area contributed by atoms with E-state index in [0.717, 1.165) is 0 Å². The standard InChI is InChI=1S/Cl3F4N2P3S/c1-10(2,3)8-11(4,5)9-12(6,7)13. The van der Waals surface area contributed by atoms with Crippen molar-refractivity contribution in [2.24, 2.45) is 9.03 Å². The second kappa shape index (κ2) is 4.69. The van der Waals surface area contributed by atoms with Crippen LogP contribution in [0.5, 0.6) is 0 Å². The highest BCUT2D eigenvalue weighted by atomic mass is 36.0. The van der Waals surface area contributed by atoms with Crippen molar-refractivity contribution >= 4 is 65.3 Å². The Morgan fingerprint density at radius 3 is 1.54 bits per heavy atom. The van der Waals surface area contributed by atoms with Crippen molar-refractivity contribution in [3.05, 3.63) is 0 Å². The average Bonchev–Trinajstić information content (AvgIpc) is 1.43. The molecule has 0 fully saturated rings. The number of halogens is 7. The maximum absolute atomic E-state index is 12.4. The Morgan fingerprint density at radius 1 is 0.923 bits per heavy atom. The summed E-state index contributed by atoms with van der Waals surface area (Å²) in [7, 11) is -5.59. The molecule has 2 nitrogen and oxygen atoms in total. The van der Waals surface area contributed by atoms with Crippen molar-refractivity contribution in [1.29, 1.82) is 0 Å². The molecular formula is Cl3F4N2P3S. The van der Waals surface area contributed by atoms with E-state index in [1.54, 1.807) is 4.52 Å². The number of rotatable bonds is 2. The Hall–Kier alpha value is 1.70. The first-order chi connectivity index (χ1) is 5.41. The minimum atomic E-state index is -5.59. The molecule has 0 aliphatic rings. The lowest BCUT2D eigenvalue weighted by Gasteiger charge is -2.02. The molecule has 0 saturated carbocycles. The fraction of sp³-hybridized carbons (Fsp3) is 0. The first-order valence-corrected chi connectivity index (χ1v) is 10.6. The summed E-state index contributed by atoms with van der Waals surface area (Å²) >= 11 is 18.2. The maximum Gasteiger partial charge on any atom is 0.422 e. The molecule has 0 aromatic rings. The first kappa shape index (κ1) is 14.7. The van der Waals surface area contributed by atoms with E-state index in [2.05, 4.69) is 16.3 Å². The molecule has 0 spiro atoms. The van der Waals surface area contributed by atoms with Crippen molar-refractivity contribution in [2.45, 2.75) is 0 Å². The Bertz CT molecular complexity index is 326. The summed E-state index contributed by atoms with van der Waals surface area (Å²) < 4.78 is 52.9. The highest BCUT2D eigenvalue weighted by Crippen LogP contribution is 2.77. The van der Waals surface area contributed by atoms with Gasteiger partial charge in [-0.2, -0.15) is 12.9 Å². The van der Waals surface area contributed by atoms with Gasteiger partial charge in [0.15, 0.2) is 0 Å². The highest BCUT2D eigenvalue weighted by molar-refractivity contribution is 8.27. The smallest absolute Gasteiger partial charge is 0.162 e. The predicted octanol–water partition coefficient (Wildman–Crippen LogP) is 6.70.